The molecule has 0 saturated heterocycles. The topological polar surface area (TPSA) is 56.9 Å². The van der Waals surface area contributed by atoms with Gasteiger partial charge >= 0.3 is 0 Å². The molecule has 1 aromatic carbocycles. The molecule has 1 N–H and O–H groups in total. The second kappa shape index (κ2) is 4.52. The third-order valence-electron chi connectivity index (χ3n) is 2.21. The van der Waals surface area contributed by atoms with Crippen molar-refractivity contribution >= 4 is 15.9 Å². The Morgan fingerprint density at radius 2 is 2.12 bits per heavy atom. The molecule has 0 atom stereocenters. The predicted molar refractivity (Wildman–Crippen MR) is 63.7 cm³/mol. The molecule has 2 aromatic rings. The van der Waals surface area contributed by atoms with E-state index in [0.29, 0.717) is 10.2 Å². The molecule has 3 nitrogen and oxygen atoms in total. The van der Waals surface area contributed by atoms with Crippen LogP contribution < -0.4 is 0 Å². The molecule has 0 radical (unpaired) electrons. The Kier molecular flexibility index (Phi) is 3.07. The van der Waals surface area contributed by atoms with Crippen LogP contribution in [0.25, 0.3) is 11.3 Å². The lowest BCUT2D eigenvalue weighted by Gasteiger charge is -2.04. The van der Waals surface area contributed by atoms with Crippen LogP contribution in [-0.4, -0.2) is 10.1 Å². The number of benzene rings is 1. The van der Waals surface area contributed by atoms with Crippen LogP contribution in [-0.2, 0) is 0 Å². The van der Waals surface area contributed by atoms with Crippen LogP contribution in [0.1, 0.15) is 5.56 Å². The highest BCUT2D eigenvalue weighted by Crippen LogP contribution is 2.27. The van der Waals surface area contributed by atoms with E-state index in [2.05, 4.69) is 20.9 Å². The summed E-state index contributed by atoms with van der Waals surface area (Å²) in [4.78, 5) is 3.90. The smallest absolute Gasteiger partial charge is 0.151 e. The summed E-state index contributed by atoms with van der Waals surface area (Å²) in [6.45, 7) is 0. The maximum Gasteiger partial charge on any atom is 0.151 e. The number of hydrogen-bond donors (Lipinski definition) is 1. The van der Waals surface area contributed by atoms with Crippen molar-refractivity contribution in [2.24, 2.45) is 0 Å². The minimum atomic E-state index is -0.435. The van der Waals surface area contributed by atoms with Gasteiger partial charge in [0.25, 0.3) is 0 Å². The summed E-state index contributed by atoms with van der Waals surface area (Å²) in [5, 5.41) is 18.1. The van der Waals surface area contributed by atoms with E-state index in [1.807, 2.05) is 6.07 Å². The maximum atomic E-state index is 13.6. The van der Waals surface area contributed by atoms with E-state index in [0.717, 1.165) is 6.20 Å². The van der Waals surface area contributed by atoms with Crippen molar-refractivity contribution in [3.8, 4) is 23.1 Å². The van der Waals surface area contributed by atoms with Gasteiger partial charge < -0.3 is 5.11 Å². The number of rotatable bonds is 1. The van der Waals surface area contributed by atoms with Gasteiger partial charge in [-0.15, -0.1) is 0 Å². The summed E-state index contributed by atoms with van der Waals surface area (Å²) in [6.07, 6.45) is 1.13. The Bertz CT molecular complexity index is 622. The fourth-order valence-corrected chi connectivity index (χ4v) is 1.74. The largest absolute Gasteiger partial charge is 0.505 e. The first kappa shape index (κ1) is 11.6. The number of nitrogens with zero attached hydrogens (tertiary/aromatic N) is 2. The summed E-state index contributed by atoms with van der Waals surface area (Å²) in [6, 6.07) is 7.61. The summed E-state index contributed by atoms with van der Waals surface area (Å²) < 4.78 is 14.3. The molecule has 0 spiro atoms. The van der Waals surface area contributed by atoms with Gasteiger partial charge in [0, 0.05) is 10.0 Å². The second-order valence-electron chi connectivity index (χ2n) is 3.32. The van der Waals surface area contributed by atoms with Gasteiger partial charge in [-0.1, -0.05) is 15.9 Å². The van der Waals surface area contributed by atoms with Crippen LogP contribution in [0.3, 0.4) is 0 Å². The van der Waals surface area contributed by atoms with Crippen molar-refractivity contribution in [1.82, 2.24) is 4.98 Å². The quantitative estimate of drug-likeness (QED) is 0.878. The highest BCUT2D eigenvalue weighted by Gasteiger charge is 2.10. The van der Waals surface area contributed by atoms with Gasteiger partial charge in [-0.05, 0) is 24.3 Å². The van der Waals surface area contributed by atoms with Crippen LogP contribution in [0.2, 0.25) is 0 Å². The molecule has 0 amide bonds. The van der Waals surface area contributed by atoms with Crippen molar-refractivity contribution in [1.29, 1.82) is 5.26 Å². The Balaban J connectivity index is 2.61. The number of nitriles is 1. The third kappa shape index (κ3) is 2.27. The number of hydrogen-bond acceptors (Lipinski definition) is 3. The zero-order chi connectivity index (χ0) is 12.4. The standard InChI is InChI=1S/C12H6BrFN2O/c13-8-1-2-10(14)9(4-8)11-3-7(5-15)12(17)6-16-11/h1-4,6,17H. The summed E-state index contributed by atoms with van der Waals surface area (Å²) in [5.74, 6) is -0.651. The minimum Gasteiger partial charge on any atom is -0.505 e. The van der Waals surface area contributed by atoms with E-state index < -0.39 is 5.82 Å². The van der Waals surface area contributed by atoms with E-state index >= 15 is 0 Å². The van der Waals surface area contributed by atoms with Crippen molar-refractivity contribution in [3.63, 3.8) is 0 Å². The van der Waals surface area contributed by atoms with Crippen LogP contribution in [0.15, 0.2) is 34.9 Å². The molecule has 0 aliphatic heterocycles. The van der Waals surface area contributed by atoms with Crippen LogP contribution in [0.4, 0.5) is 4.39 Å². The molecule has 84 valence electrons. The molecule has 17 heavy (non-hydrogen) atoms. The SMILES string of the molecule is N#Cc1cc(-c2cc(Br)ccc2F)ncc1O. The van der Waals surface area contributed by atoms with Crippen molar-refractivity contribution in [2.75, 3.05) is 0 Å². The molecular formula is C12H6BrFN2O. The first-order chi connectivity index (χ1) is 8.11. The number of pyridine rings is 1. The lowest BCUT2D eigenvalue weighted by molar-refractivity contribution is 0.471. The van der Waals surface area contributed by atoms with Crippen molar-refractivity contribution in [3.05, 3.63) is 46.3 Å². The van der Waals surface area contributed by atoms with Crippen LogP contribution in [0.5, 0.6) is 5.75 Å². The molecule has 0 aliphatic rings. The highest BCUT2D eigenvalue weighted by molar-refractivity contribution is 9.10. The first-order valence-corrected chi connectivity index (χ1v) is 5.45. The summed E-state index contributed by atoms with van der Waals surface area (Å²) in [5.41, 5.74) is 0.642. The Morgan fingerprint density at radius 1 is 1.35 bits per heavy atom. The first-order valence-electron chi connectivity index (χ1n) is 4.66. The average molecular weight is 293 g/mol. The van der Waals surface area contributed by atoms with Gasteiger partial charge in [-0.3, -0.25) is 4.98 Å². The Hall–Kier alpha value is -1.93. The Morgan fingerprint density at radius 3 is 2.82 bits per heavy atom. The molecule has 1 heterocycles. The minimum absolute atomic E-state index is 0.0642. The lowest BCUT2D eigenvalue weighted by Crippen LogP contribution is -1.89. The Labute approximate surface area is 105 Å². The predicted octanol–water partition coefficient (Wildman–Crippen LogP) is 3.23. The number of halogens is 2. The van der Waals surface area contributed by atoms with Gasteiger partial charge in [-0.25, -0.2) is 4.39 Å². The zero-order valence-electron chi connectivity index (χ0n) is 8.48. The zero-order valence-corrected chi connectivity index (χ0v) is 10.1. The number of aromatic nitrogens is 1. The fraction of sp³-hybridized carbons (Fsp3) is 0. The van der Waals surface area contributed by atoms with Gasteiger partial charge in [0.1, 0.15) is 11.9 Å². The van der Waals surface area contributed by atoms with E-state index in [-0.39, 0.29) is 16.9 Å². The van der Waals surface area contributed by atoms with Gasteiger partial charge in [0.15, 0.2) is 5.75 Å². The van der Waals surface area contributed by atoms with Gasteiger partial charge in [0.05, 0.1) is 17.5 Å². The molecular weight excluding hydrogens is 287 g/mol. The summed E-state index contributed by atoms with van der Waals surface area (Å²) in [7, 11) is 0. The van der Waals surface area contributed by atoms with Crippen LogP contribution >= 0.6 is 15.9 Å². The summed E-state index contributed by atoms with van der Waals surface area (Å²) >= 11 is 3.23. The molecule has 0 unspecified atom stereocenters. The average Bonchev–Trinajstić information content (AvgIpc) is 2.33. The monoisotopic (exact) mass is 292 g/mol. The molecule has 0 fully saturated rings. The molecule has 2 rings (SSSR count). The molecule has 0 aliphatic carbocycles. The van der Waals surface area contributed by atoms with Crippen molar-refractivity contribution in [2.45, 2.75) is 0 Å². The van der Waals surface area contributed by atoms with E-state index in [9.17, 15) is 9.50 Å². The van der Waals surface area contributed by atoms with Gasteiger partial charge in [0.2, 0.25) is 0 Å². The van der Waals surface area contributed by atoms with Crippen molar-refractivity contribution < 1.29 is 9.50 Å². The highest BCUT2D eigenvalue weighted by atomic mass is 79.9. The van der Waals surface area contributed by atoms with Crippen LogP contribution in [0, 0.1) is 17.1 Å². The fourth-order valence-electron chi connectivity index (χ4n) is 1.38. The third-order valence-corrected chi connectivity index (χ3v) is 2.70. The van der Waals surface area contributed by atoms with E-state index in [1.54, 1.807) is 12.1 Å². The second-order valence-corrected chi connectivity index (χ2v) is 4.24. The molecule has 5 heteroatoms. The normalized spacial score (nSPS) is 9.94. The van der Waals surface area contributed by atoms with E-state index in [4.69, 9.17) is 5.26 Å². The maximum absolute atomic E-state index is 13.6. The van der Waals surface area contributed by atoms with E-state index in [1.165, 1.54) is 12.1 Å². The molecule has 1 aromatic heterocycles. The lowest BCUT2D eigenvalue weighted by atomic mass is 10.1. The molecule has 0 bridgehead atoms. The van der Waals surface area contributed by atoms with Gasteiger partial charge in [-0.2, -0.15) is 5.26 Å². The number of aromatic hydroxyl groups is 1. The molecule has 0 saturated carbocycles.